The molecule has 0 saturated carbocycles. The summed E-state index contributed by atoms with van der Waals surface area (Å²) in [7, 11) is 0.414. The maximum atomic E-state index is 9.88. The van der Waals surface area contributed by atoms with Crippen molar-refractivity contribution in [2.45, 2.75) is 6.42 Å². The predicted octanol–water partition coefficient (Wildman–Crippen LogP) is 1.17. The highest BCUT2D eigenvalue weighted by atomic mass is 31.1. The Morgan fingerprint density at radius 2 is 2.33 bits per heavy atom. The average Bonchev–Trinajstić information content (AvgIpc) is 1.80. The second-order valence-corrected chi connectivity index (χ2v) is 2.66. The second-order valence-electron chi connectivity index (χ2n) is 1.41. The molecule has 0 aliphatic carbocycles. The van der Waals surface area contributed by atoms with E-state index < -0.39 is 5.97 Å². The SMILES string of the molecule is O=C(O)CCPC=CO. The Bertz CT molecular complexity index is 111. The van der Waals surface area contributed by atoms with Crippen LogP contribution >= 0.6 is 8.58 Å². The average molecular weight is 148 g/mol. The van der Waals surface area contributed by atoms with Gasteiger partial charge in [0, 0.05) is 6.42 Å². The van der Waals surface area contributed by atoms with E-state index in [4.69, 9.17) is 10.2 Å². The fraction of sp³-hybridized carbons (Fsp3) is 0.400. The van der Waals surface area contributed by atoms with Gasteiger partial charge in [-0.25, -0.2) is 0 Å². The third-order valence-electron chi connectivity index (χ3n) is 0.676. The van der Waals surface area contributed by atoms with Gasteiger partial charge in [-0.3, -0.25) is 4.79 Å². The van der Waals surface area contributed by atoms with Crippen LogP contribution < -0.4 is 0 Å². The third kappa shape index (κ3) is 7.44. The van der Waals surface area contributed by atoms with Crippen molar-refractivity contribution >= 4 is 14.6 Å². The van der Waals surface area contributed by atoms with Gasteiger partial charge in [0.25, 0.3) is 0 Å². The van der Waals surface area contributed by atoms with Crippen molar-refractivity contribution in [2.75, 3.05) is 6.16 Å². The Hall–Kier alpha value is -0.560. The maximum absolute atomic E-state index is 9.88. The first kappa shape index (κ1) is 8.44. The van der Waals surface area contributed by atoms with Gasteiger partial charge >= 0.3 is 5.97 Å². The van der Waals surface area contributed by atoms with Crippen molar-refractivity contribution in [2.24, 2.45) is 0 Å². The summed E-state index contributed by atoms with van der Waals surface area (Å²) in [5.74, 6) is 0.775. The van der Waals surface area contributed by atoms with Crippen LogP contribution in [0.4, 0.5) is 0 Å². The fourth-order valence-corrected chi connectivity index (χ4v) is 0.945. The summed E-state index contributed by atoms with van der Waals surface area (Å²) in [5, 5.41) is 16.2. The van der Waals surface area contributed by atoms with Gasteiger partial charge in [-0.1, -0.05) is 8.58 Å². The smallest absolute Gasteiger partial charge is 0.303 e. The Labute approximate surface area is 55.2 Å². The number of aliphatic hydroxyl groups is 1. The number of hydrogen-bond donors (Lipinski definition) is 2. The summed E-state index contributed by atoms with van der Waals surface area (Å²) in [6.45, 7) is 0. The minimum Gasteiger partial charge on any atom is -0.516 e. The van der Waals surface area contributed by atoms with Gasteiger partial charge in [0.1, 0.15) is 0 Å². The zero-order valence-electron chi connectivity index (χ0n) is 4.87. The number of carboxylic acid groups (broad SMARTS) is 1. The lowest BCUT2D eigenvalue weighted by molar-refractivity contribution is -0.136. The predicted molar refractivity (Wildman–Crippen MR) is 37.2 cm³/mol. The van der Waals surface area contributed by atoms with Gasteiger partial charge in [-0.2, -0.15) is 0 Å². The molecule has 0 aromatic rings. The van der Waals surface area contributed by atoms with Crippen LogP contribution in [0.25, 0.3) is 0 Å². The van der Waals surface area contributed by atoms with Crippen LogP contribution in [0.2, 0.25) is 0 Å². The molecule has 1 unspecified atom stereocenters. The summed E-state index contributed by atoms with van der Waals surface area (Å²) in [4.78, 5) is 9.88. The number of rotatable bonds is 4. The molecule has 3 nitrogen and oxygen atoms in total. The first-order valence-corrected chi connectivity index (χ1v) is 3.80. The number of hydrogen-bond acceptors (Lipinski definition) is 2. The van der Waals surface area contributed by atoms with Crippen molar-refractivity contribution in [3.63, 3.8) is 0 Å². The van der Waals surface area contributed by atoms with E-state index in [0.29, 0.717) is 14.7 Å². The largest absolute Gasteiger partial charge is 0.516 e. The summed E-state index contributed by atoms with van der Waals surface area (Å²) >= 11 is 0. The molecule has 0 spiro atoms. The zero-order valence-corrected chi connectivity index (χ0v) is 5.87. The summed E-state index contributed by atoms with van der Waals surface area (Å²) in [6.07, 6.45) is 1.75. The molecule has 0 bridgehead atoms. The van der Waals surface area contributed by atoms with Gasteiger partial charge < -0.3 is 10.2 Å². The molecule has 0 rings (SSSR count). The molecule has 0 aromatic carbocycles. The monoisotopic (exact) mass is 148 g/mol. The number of aliphatic carboxylic acids is 1. The standard InChI is InChI=1S/C5H9O3P/c6-2-4-9-3-1-5(7)8/h2,4,6,9H,1,3H2,(H,7,8). The quantitative estimate of drug-likeness (QED) is 0.357. The van der Waals surface area contributed by atoms with E-state index in [-0.39, 0.29) is 6.42 Å². The normalized spacial score (nSPS) is 11.6. The number of carboxylic acids is 1. The topological polar surface area (TPSA) is 57.5 Å². The Morgan fingerprint density at radius 1 is 1.67 bits per heavy atom. The molecule has 0 aromatic heterocycles. The number of aliphatic hydroxyl groups excluding tert-OH is 1. The van der Waals surface area contributed by atoms with Crippen LogP contribution in [0.5, 0.6) is 0 Å². The van der Waals surface area contributed by atoms with Crippen molar-refractivity contribution < 1.29 is 15.0 Å². The molecule has 0 radical (unpaired) electrons. The molecule has 52 valence electrons. The lowest BCUT2D eigenvalue weighted by atomic mass is 10.5. The molecule has 9 heavy (non-hydrogen) atoms. The van der Waals surface area contributed by atoms with Crippen LogP contribution in [-0.2, 0) is 4.79 Å². The van der Waals surface area contributed by atoms with E-state index in [1.165, 1.54) is 0 Å². The molecule has 0 fully saturated rings. The minimum absolute atomic E-state index is 0.183. The molecule has 0 aliphatic rings. The Kier molecular flexibility index (Phi) is 5.23. The van der Waals surface area contributed by atoms with Crippen molar-refractivity contribution in [3.8, 4) is 0 Å². The van der Waals surface area contributed by atoms with Gasteiger partial charge in [0.2, 0.25) is 0 Å². The molecular weight excluding hydrogens is 139 g/mol. The van der Waals surface area contributed by atoms with Crippen LogP contribution in [0.3, 0.4) is 0 Å². The Morgan fingerprint density at radius 3 is 2.78 bits per heavy atom. The lowest BCUT2D eigenvalue weighted by Crippen LogP contribution is -1.93. The summed E-state index contributed by atoms with van der Waals surface area (Å²) in [6, 6.07) is 0. The number of carbonyl (C=O) groups is 1. The highest BCUT2D eigenvalue weighted by Gasteiger charge is 1.92. The highest BCUT2D eigenvalue weighted by molar-refractivity contribution is 7.41. The molecule has 1 atom stereocenters. The third-order valence-corrected chi connectivity index (χ3v) is 1.60. The van der Waals surface area contributed by atoms with Gasteiger partial charge in [0.15, 0.2) is 0 Å². The fourth-order valence-electron chi connectivity index (χ4n) is 0.315. The van der Waals surface area contributed by atoms with Crippen molar-refractivity contribution in [1.82, 2.24) is 0 Å². The Balaban J connectivity index is 3.01. The summed E-state index contributed by atoms with van der Waals surface area (Å²) < 4.78 is 0. The molecule has 4 heteroatoms. The first-order valence-electron chi connectivity index (χ1n) is 2.52. The maximum Gasteiger partial charge on any atom is 0.303 e. The summed E-state index contributed by atoms with van der Waals surface area (Å²) in [5.41, 5.74) is 0. The van der Waals surface area contributed by atoms with Crippen LogP contribution in [0.15, 0.2) is 12.1 Å². The van der Waals surface area contributed by atoms with Gasteiger partial charge in [-0.15, -0.1) is 0 Å². The lowest BCUT2D eigenvalue weighted by Gasteiger charge is -1.88. The van der Waals surface area contributed by atoms with Crippen LogP contribution in [0, 0.1) is 0 Å². The first-order chi connectivity index (χ1) is 4.27. The van der Waals surface area contributed by atoms with Gasteiger partial charge in [0.05, 0.1) is 6.26 Å². The molecule has 0 saturated heterocycles. The van der Waals surface area contributed by atoms with E-state index in [1.54, 1.807) is 5.82 Å². The molecule has 0 aliphatic heterocycles. The molecule has 2 N–H and O–H groups in total. The highest BCUT2D eigenvalue weighted by Crippen LogP contribution is 2.11. The van der Waals surface area contributed by atoms with E-state index in [0.717, 1.165) is 6.26 Å². The van der Waals surface area contributed by atoms with E-state index in [1.807, 2.05) is 0 Å². The zero-order chi connectivity index (χ0) is 7.11. The second kappa shape index (κ2) is 5.57. The van der Waals surface area contributed by atoms with Crippen molar-refractivity contribution in [3.05, 3.63) is 12.1 Å². The van der Waals surface area contributed by atoms with Crippen molar-refractivity contribution in [1.29, 1.82) is 0 Å². The minimum atomic E-state index is -0.783. The van der Waals surface area contributed by atoms with E-state index in [9.17, 15) is 4.79 Å². The van der Waals surface area contributed by atoms with Crippen LogP contribution in [-0.4, -0.2) is 22.3 Å². The molecule has 0 heterocycles. The molecule has 0 amide bonds. The van der Waals surface area contributed by atoms with Crippen LogP contribution in [0.1, 0.15) is 6.42 Å². The van der Waals surface area contributed by atoms with Gasteiger partial charge in [-0.05, 0) is 12.0 Å². The van der Waals surface area contributed by atoms with E-state index in [2.05, 4.69) is 0 Å². The van der Waals surface area contributed by atoms with E-state index >= 15 is 0 Å². The molecular formula is C5H9O3P.